The number of halogens is 1. The molecule has 0 bridgehead atoms. The highest BCUT2D eigenvalue weighted by atomic mass is 31.2. The van der Waals surface area contributed by atoms with Crippen LogP contribution in [-0.2, 0) is 20.0 Å². The highest BCUT2D eigenvalue weighted by Crippen LogP contribution is 2.50. The van der Waals surface area contributed by atoms with Crippen molar-refractivity contribution >= 4 is 23.8 Å². The van der Waals surface area contributed by atoms with Gasteiger partial charge in [0.25, 0.3) is 0 Å². The molecule has 0 amide bonds. The second-order valence-electron chi connectivity index (χ2n) is 7.12. The van der Waals surface area contributed by atoms with Gasteiger partial charge >= 0.3 is 7.60 Å². The summed E-state index contributed by atoms with van der Waals surface area (Å²) in [4.78, 5) is 0. The van der Waals surface area contributed by atoms with Crippen molar-refractivity contribution in [3.63, 3.8) is 0 Å². The predicted molar refractivity (Wildman–Crippen MR) is 123 cm³/mol. The molecule has 0 aliphatic rings. The van der Waals surface area contributed by atoms with Gasteiger partial charge in [-0.2, -0.15) is 0 Å². The Morgan fingerprint density at radius 2 is 1.39 bits per heavy atom. The van der Waals surface area contributed by atoms with Gasteiger partial charge in [-0.25, -0.2) is 4.39 Å². The van der Waals surface area contributed by atoms with E-state index < -0.39 is 7.60 Å². The zero-order valence-electron chi connectivity index (χ0n) is 17.6. The van der Waals surface area contributed by atoms with Gasteiger partial charge in [-0.3, -0.25) is 4.57 Å². The van der Waals surface area contributed by atoms with Gasteiger partial charge in [0.05, 0.1) is 13.2 Å². The number of rotatable bonds is 8. The first kappa shape index (κ1) is 21.5. The molecular formula is C25H25FNO3P. The molecule has 0 saturated carbocycles. The summed E-state index contributed by atoms with van der Waals surface area (Å²) in [6.07, 6.45) is 0.608. The minimum absolute atomic E-state index is 0.244. The van der Waals surface area contributed by atoms with Crippen LogP contribution in [0.25, 0.3) is 16.5 Å². The standard InChI is InChI=1S/C25H25FNO3P/c1-3-29-31(28,30-4-2)25-23-13-9-8-12-22(23)24(18-19-10-6-5-7-11-19)27(25)21-16-14-20(26)15-17-21/h5-17H,3-4,18H2,1-2H3. The number of aromatic nitrogens is 1. The van der Waals surface area contributed by atoms with Crippen molar-refractivity contribution in [1.82, 2.24) is 4.57 Å². The summed E-state index contributed by atoms with van der Waals surface area (Å²) in [6, 6.07) is 24.1. The van der Waals surface area contributed by atoms with Crippen LogP contribution in [0.1, 0.15) is 25.1 Å². The lowest BCUT2D eigenvalue weighted by Gasteiger charge is -2.21. The first-order chi connectivity index (χ1) is 15.1. The van der Waals surface area contributed by atoms with Gasteiger partial charge in [0.2, 0.25) is 0 Å². The van der Waals surface area contributed by atoms with Gasteiger partial charge < -0.3 is 13.6 Å². The summed E-state index contributed by atoms with van der Waals surface area (Å²) in [6.45, 7) is 4.08. The van der Waals surface area contributed by atoms with Crippen molar-refractivity contribution in [1.29, 1.82) is 0 Å². The van der Waals surface area contributed by atoms with Crippen molar-refractivity contribution in [2.75, 3.05) is 13.2 Å². The van der Waals surface area contributed by atoms with Crippen LogP contribution in [0.4, 0.5) is 4.39 Å². The largest absolute Gasteiger partial charge is 0.378 e. The molecule has 0 atom stereocenters. The molecule has 4 aromatic rings. The predicted octanol–water partition coefficient (Wildman–Crippen LogP) is 6.25. The SMILES string of the molecule is CCOP(=O)(OCC)c1c2ccccc2c(Cc2ccccc2)n1-c1ccc(F)cc1. The second kappa shape index (κ2) is 9.19. The van der Waals surface area contributed by atoms with Crippen molar-refractivity contribution in [2.24, 2.45) is 0 Å². The molecule has 6 heteroatoms. The molecule has 0 aliphatic heterocycles. The van der Waals surface area contributed by atoms with Crippen LogP contribution < -0.4 is 5.44 Å². The van der Waals surface area contributed by atoms with Crippen LogP contribution in [0, 0.1) is 5.82 Å². The molecular weight excluding hydrogens is 412 g/mol. The Balaban J connectivity index is 2.07. The fraction of sp³-hybridized carbons (Fsp3) is 0.200. The third-order valence-electron chi connectivity index (χ3n) is 5.12. The van der Waals surface area contributed by atoms with Gasteiger partial charge in [0.15, 0.2) is 0 Å². The molecule has 0 saturated heterocycles. The van der Waals surface area contributed by atoms with Gasteiger partial charge in [-0.15, -0.1) is 0 Å². The molecule has 0 spiro atoms. The first-order valence-electron chi connectivity index (χ1n) is 10.4. The first-order valence-corrected chi connectivity index (χ1v) is 11.9. The minimum atomic E-state index is -3.65. The number of fused-ring (bicyclic) bond motifs is 1. The lowest BCUT2D eigenvalue weighted by atomic mass is 10.1. The average Bonchev–Trinajstić information content (AvgIpc) is 3.10. The molecule has 0 unspecified atom stereocenters. The van der Waals surface area contributed by atoms with Gasteiger partial charge in [0, 0.05) is 28.6 Å². The minimum Gasteiger partial charge on any atom is -0.306 e. The molecule has 31 heavy (non-hydrogen) atoms. The summed E-state index contributed by atoms with van der Waals surface area (Å²) >= 11 is 0. The summed E-state index contributed by atoms with van der Waals surface area (Å²) in [5.41, 5.74) is 3.24. The van der Waals surface area contributed by atoms with Crippen molar-refractivity contribution in [2.45, 2.75) is 20.3 Å². The van der Waals surface area contributed by atoms with Crippen molar-refractivity contribution in [3.05, 3.63) is 95.9 Å². The van der Waals surface area contributed by atoms with E-state index in [9.17, 15) is 8.96 Å². The molecule has 4 nitrogen and oxygen atoms in total. The third kappa shape index (κ3) is 4.22. The molecule has 1 aromatic heterocycles. The highest BCUT2D eigenvalue weighted by molar-refractivity contribution is 7.62. The van der Waals surface area contributed by atoms with Gasteiger partial charge in [0.1, 0.15) is 11.3 Å². The van der Waals surface area contributed by atoms with Crippen LogP contribution in [0.5, 0.6) is 0 Å². The summed E-state index contributed by atoms with van der Waals surface area (Å²) in [5, 5.41) is 1.77. The van der Waals surface area contributed by atoms with E-state index in [4.69, 9.17) is 9.05 Å². The number of nitrogens with zero attached hydrogens (tertiary/aromatic N) is 1. The Morgan fingerprint density at radius 1 is 0.806 bits per heavy atom. The maximum atomic E-state index is 14.0. The van der Waals surface area contributed by atoms with Crippen LogP contribution in [0.15, 0.2) is 78.9 Å². The molecule has 160 valence electrons. The second-order valence-corrected chi connectivity index (χ2v) is 9.06. The lowest BCUT2D eigenvalue weighted by Crippen LogP contribution is -2.21. The maximum absolute atomic E-state index is 14.0. The third-order valence-corrected chi connectivity index (χ3v) is 7.27. The number of benzene rings is 3. The Labute approximate surface area is 181 Å². The van der Waals surface area contributed by atoms with Crippen LogP contribution in [-0.4, -0.2) is 17.8 Å². The Bertz CT molecular complexity index is 1210. The van der Waals surface area contributed by atoms with Crippen LogP contribution >= 0.6 is 7.60 Å². The average molecular weight is 437 g/mol. The van der Waals surface area contributed by atoms with E-state index in [1.165, 1.54) is 12.1 Å². The van der Waals surface area contributed by atoms with E-state index in [0.717, 1.165) is 22.0 Å². The lowest BCUT2D eigenvalue weighted by molar-refractivity contribution is 0.229. The monoisotopic (exact) mass is 437 g/mol. The number of hydrogen-bond donors (Lipinski definition) is 0. The molecule has 1 heterocycles. The highest BCUT2D eigenvalue weighted by Gasteiger charge is 2.35. The molecule has 0 aliphatic carbocycles. The van der Waals surface area contributed by atoms with Crippen molar-refractivity contribution < 1.29 is 18.0 Å². The normalized spacial score (nSPS) is 11.8. The fourth-order valence-electron chi connectivity index (χ4n) is 3.90. The smallest absolute Gasteiger partial charge is 0.306 e. The van der Waals surface area contributed by atoms with Crippen molar-refractivity contribution in [3.8, 4) is 5.69 Å². The molecule has 3 aromatic carbocycles. The zero-order valence-corrected chi connectivity index (χ0v) is 18.5. The molecule has 0 fully saturated rings. The van der Waals surface area contributed by atoms with Gasteiger partial charge in [-0.05, 0) is 43.7 Å². The van der Waals surface area contributed by atoms with E-state index in [2.05, 4.69) is 12.1 Å². The maximum Gasteiger partial charge on any atom is 0.378 e. The van der Waals surface area contributed by atoms with E-state index in [1.54, 1.807) is 26.0 Å². The van der Waals surface area contributed by atoms with E-state index in [-0.39, 0.29) is 19.0 Å². The molecule has 0 N–H and O–H groups in total. The van der Waals surface area contributed by atoms with Crippen LogP contribution in [0.3, 0.4) is 0 Å². The van der Waals surface area contributed by atoms with Gasteiger partial charge in [-0.1, -0.05) is 54.6 Å². The topological polar surface area (TPSA) is 40.5 Å². The zero-order chi connectivity index (χ0) is 21.8. The molecule has 0 radical (unpaired) electrons. The Hall–Kier alpha value is -2.72. The Kier molecular flexibility index (Phi) is 6.38. The molecule has 4 rings (SSSR count). The summed E-state index contributed by atoms with van der Waals surface area (Å²) in [5.74, 6) is -0.329. The van der Waals surface area contributed by atoms with E-state index >= 15 is 0 Å². The summed E-state index contributed by atoms with van der Waals surface area (Å²) < 4.78 is 41.2. The fourth-order valence-corrected chi connectivity index (χ4v) is 5.87. The number of hydrogen-bond acceptors (Lipinski definition) is 3. The Morgan fingerprint density at radius 3 is 2.00 bits per heavy atom. The van der Waals surface area contributed by atoms with E-state index in [1.807, 2.05) is 47.0 Å². The van der Waals surface area contributed by atoms with Crippen LogP contribution in [0.2, 0.25) is 0 Å². The quantitative estimate of drug-likeness (QED) is 0.306. The van der Waals surface area contributed by atoms with E-state index in [0.29, 0.717) is 17.5 Å². The summed E-state index contributed by atoms with van der Waals surface area (Å²) in [7, 11) is -3.65.